The van der Waals surface area contributed by atoms with Crippen LogP contribution in [0.3, 0.4) is 0 Å². The molecule has 0 bridgehead atoms. The van der Waals surface area contributed by atoms with Crippen LogP contribution in [-0.2, 0) is 4.79 Å². The van der Waals surface area contributed by atoms with Gasteiger partial charge in [-0.15, -0.1) is 0 Å². The molecule has 0 heterocycles. The number of alkyl halides is 2. The molecule has 0 atom stereocenters. The fourth-order valence-electron chi connectivity index (χ4n) is 1.26. The van der Waals surface area contributed by atoms with Crippen LogP contribution in [-0.4, -0.2) is 12.3 Å². The number of rotatable bonds is 4. The molecule has 0 radical (unpaired) electrons. The Morgan fingerprint density at radius 3 is 1.81 bits per heavy atom. The maximum atomic E-state index is 13.2. The van der Waals surface area contributed by atoms with Crippen LogP contribution in [0.2, 0.25) is 0 Å². The predicted molar refractivity (Wildman–Crippen MR) is 63.3 cm³/mol. The first-order chi connectivity index (χ1) is 7.04. The SMILES string of the molecule is CC(C)CC(F)(F)CCC(C)(C)C.NC=O. The molecular weight excluding hydrogens is 212 g/mol. The van der Waals surface area contributed by atoms with E-state index in [0.29, 0.717) is 6.42 Å². The van der Waals surface area contributed by atoms with Crippen LogP contribution >= 0.6 is 0 Å². The van der Waals surface area contributed by atoms with Gasteiger partial charge in [-0.05, 0) is 17.8 Å². The Kier molecular flexibility index (Phi) is 8.39. The lowest BCUT2D eigenvalue weighted by Gasteiger charge is -2.24. The molecule has 1 amide bonds. The van der Waals surface area contributed by atoms with Gasteiger partial charge in [-0.1, -0.05) is 34.6 Å². The van der Waals surface area contributed by atoms with Crippen LogP contribution in [0.4, 0.5) is 8.78 Å². The van der Waals surface area contributed by atoms with E-state index in [1.165, 1.54) is 0 Å². The normalized spacial score (nSPS) is 12.0. The minimum Gasteiger partial charge on any atom is -0.372 e. The Morgan fingerprint density at radius 2 is 1.56 bits per heavy atom. The second-order valence-electron chi connectivity index (χ2n) is 5.65. The highest BCUT2D eigenvalue weighted by Crippen LogP contribution is 2.33. The minimum absolute atomic E-state index is 0.0143. The summed E-state index contributed by atoms with van der Waals surface area (Å²) in [6.07, 6.45) is 0.879. The molecule has 0 aromatic heterocycles. The van der Waals surface area contributed by atoms with E-state index in [1.54, 1.807) is 0 Å². The van der Waals surface area contributed by atoms with Gasteiger partial charge in [0.2, 0.25) is 12.3 Å². The molecule has 16 heavy (non-hydrogen) atoms. The molecular formula is C12H25F2NO. The van der Waals surface area contributed by atoms with Crippen LogP contribution in [0.25, 0.3) is 0 Å². The van der Waals surface area contributed by atoms with Crippen LogP contribution in [0.15, 0.2) is 0 Å². The van der Waals surface area contributed by atoms with Gasteiger partial charge in [0.1, 0.15) is 0 Å². The topological polar surface area (TPSA) is 43.1 Å². The number of nitrogens with two attached hydrogens (primary N) is 1. The average Bonchev–Trinajstić information content (AvgIpc) is 1.99. The lowest BCUT2D eigenvalue weighted by atomic mass is 9.87. The van der Waals surface area contributed by atoms with E-state index in [-0.39, 0.29) is 30.6 Å². The van der Waals surface area contributed by atoms with Crippen molar-refractivity contribution in [3.8, 4) is 0 Å². The van der Waals surface area contributed by atoms with Gasteiger partial charge in [0.05, 0.1) is 0 Å². The standard InChI is InChI=1S/C11H22F2.CH3NO/c1-9(2)8-11(12,13)7-6-10(3,4)5;2-1-3/h9H,6-8H2,1-5H3;1H,(H2,2,3). The van der Waals surface area contributed by atoms with Crippen molar-refractivity contribution in [3.63, 3.8) is 0 Å². The molecule has 0 aliphatic carbocycles. The number of carbonyl (C=O) groups is 1. The van der Waals surface area contributed by atoms with E-state index in [9.17, 15) is 8.78 Å². The summed E-state index contributed by atoms with van der Waals surface area (Å²) >= 11 is 0. The molecule has 0 aliphatic heterocycles. The van der Waals surface area contributed by atoms with E-state index in [4.69, 9.17) is 4.79 Å². The Hall–Kier alpha value is -0.670. The van der Waals surface area contributed by atoms with Crippen molar-refractivity contribution in [2.45, 2.75) is 59.8 Å². The molecule has 98 valence electrons. The molecule has 0 rings (SSSR count). The van der Waals surface area contributed by atoms with Crippen LogP contribution < -0.4 is 5.73 Å². The van der Waals surface area contributed by atoms with Crippen molar-refractivity contribution in [1.82, 2.24) is 0 Å². The zero-order chi connectivity index (χ0) is 13.4. The lowest BCUT2D eigenvalue weighted by molar-refractivity contribution is -0.106. The monoisotopic (exact) mass is 237 g/mol. The third-order valence-electron chi connectivity index (χ3n) is 1.95. The highest BCUT2D eigenvalue weighted by atomic mass is 19.3. The van der Waals surface area contributed by atoms with Gasteiger partial charge in [0.15, 0.2) is 0 Å². The summed E-state index contributed by atoms with van der Waals surface area (Å²) in [5, 5.41) is 0. The second-order valence-corrected chi connectivity index (χ2v) is 5.65. The lowest BCUT2D eigenvalue weighted by Crippen LogP contribution is -2.21. The number of hydrogen-bond donors (Lipinski definition) is 1. The first-order valence-corrected chi connectivity index (χ1v) is 5.57. The predicted octanol–water partition coefficient (Wildman–Crippen LogP) is 3.60. The van der Waals surface area contributed by atoms with Gasteiger partial charge >= 0.3 is 0 Å². The Balaban J connectivity index is 0. The highest BCUT2D eigenvalue weighted by Gasteiger charge is 2.31. The zero-order valence-electron chi connectivity index (χ0n) is 11.0. The van der Waals surface area contributed by atoms with Crippen molar-refractivity contribution >= 4 is 6.41 Å². The maximum absolute atomic E-state index is 13.2. The largest absolute Gasteiger partial charge is 0.372 e. The van der Waals surface area contributed by atoms with Crippen molar-refractivity contribution in [3.05, 3.63) is 0 Å². The van der Waals surface area contributed by atoms with Gasteiger partial charge in [-0.25, -0.2) is 8.78 Å². The number of halogens is 2. The quantitative estimate of drug-likeness (QED) is 0.746. The van der Waals surface area contributed by atoms with Crippen molar-refractivity contribution < 1.29 is 13.6 Å². The van der Waals surface area contributed by atoms with E-state index < -0.39 is 5.92 Å². The molecule has 2 nitrogen and oxygen atoms in total. The second kappa shape index (κ2) is 7.58. The van der Waals surface area contributed by atoms with E-state index >= 15 is 0 Å². The maximum Gasteiger partial charge on any atom is 0.248 e. The fourth-order valence-corrected chi connectivity index (χ4v) is 1.26. The summed E-state index contributed by atoms with van der Waals surface area (Å²) in [5.41, 5.74) is 4.18. The fraction of sp³-hybridized carbons (Fsp3) is 0.917. The number of primary amides is 1. The number of amides is 1. The summed E-state index contributed by atoms with van der Waals surface area (Å²) in [6.45, 7) is 9.67. The molecule has 0 saturated heterocycles. The number of hydrogen-bond acceptors (Lipinski definition) is 1. The molecule has 0 unspecified atom stereocenters. The van der Waals surface area contributed by atoms with Gasteiger partial charge in [0, 0.05) is 12.8 Å². The van der Waals surface area contributed by atoms with Gasteiger partial charge in [0.25, 0.3) is 0 Å². The van der Waals surface area contributed by atoms with Crippen LogP contribution in [0, 0.1) is 11.3 Å². The van der Waals surface area contributed by atoms with Gasteiger partial charge < -0.3 is 5.73 Å². The molecule has 0 fully saturated rings. The molecule has 2 N–H and O–H groups in total. The third-order valence-corrected chi connectivity index (χ3v) is 1.95. The Morgan fingerprint density at radius 1 is 1.19 bits per heavy atom. The smallest absolute Gasteiger partial charge is 0.248 e. The highest BCUT2D eigenvalue weighted by molar-refractivity contribution is 5.42. The molecule has 0 aliphatic rings. The molecule has 4 heteroatoms. The zero-order valence-corrected chi connectivity index (χ0v) is 11.0. The van der Waals surface area contributed by atoms with Crippen LogP contribution in [0.5, 0.6) is 0 Å². The van der Waals surface area contributed by atoms with E-state index in [0.717, 1.165) is 0 Å². The summed E-state index contributed by atoms with van der Waals surface area (Å²) in [5.74, 6) is -2.39. The molecule has 0 aromatic carbocycles. The summed E-state index contributed by atoms with van der Waals surface area (Å²) < 4.78 is 26.4. The average molecular weight is 237 g/mol. The van der Waals surface area contributed by atoms with E-state index in [1.807, 2.05) is 34.6 Å². The summed E-state index contributed by atoms with van der Waals surface area (Å²) in [4.78, 5) is 8.58. The Labute approximate surface area is 97.6 Å². The molecule has 0 saturated carbocycles. The third kappa shape index (κ3) is 15.8. The Bertz CT molecular complexity index is 186. The van der Waals surface area contributed by atoms with Crippen molar-refractivity contribution in [2.75, 3.05) is 0 Å². The van der Waals surface area contributed by atoms with Gasteiger partial charge in [-0.3, -0.25) is 4.79 Å². The minimum atomic E-state index is -2.47. The number of carbonyl (C=O) groups excluding carboxylic acids is 1. The van der Waals surface area contributed by atoms with Crippen molar-refractivity contribution in [1.29, 1.82) is 0 Å². The van der Waals surface area contributed by atoms with Gasteiger partial charge in [-0.2, -0.15) is 0 Å². The molecule has 0 aromatic rings. The van der Waals surface area contributed by atoms with Crippen LogP contribution in [0.1, 0.15) is 53.9 Å². The van der Waals surface area contributed by atoms with Crippen molar-refractivity contribution in [2.24, 2.45) is 17.1 Å². The van der Waals surface area contributed by atoms with E-state index in [2.05, 4.69) is 5.73 Å². The first-order valence-electron chi connectivity index (χ1n) is 5.57. The summed E-state index contributed by atoms with van der Waals surface area (Å²) in [6, 6.07) is 0. The molecule has 0 spiro atoms. The first kappa shape index (κ1) is 17.7. The summed E-state index contributed by atoms with van der Waals surface area (Å²) in [7, 11) is 0.